The van der Waals surface area contributed by atoms with Gasteiger partial charge in [-0.05, 0) is 28.8 Å². The van der Waals surface area contributed by atoms with Crippen molar-refractivity contribution in [3.8, 4) is 0 Å². The molecule has 3 rings (SSSR count). The summed E-state index contributed by atoms with van der Waals surface area (Å²) in [5, 5.41) is 13.0. The molecule has 0 radical (unpaired) electrons. The molecule has 0 heterocycles. The van der Waals surface area contributed by atoms with Gasteiger partial charge in [-0.15, -0.1) is 0 Å². The first kappa shape index (κ1) is 17.8. The van der Waals surface area contributed by atoms with E-state index in [1.807, 2.05) is 60.7 Å². The predicted octanol–water partition coefficient (Wildman–Crippen LogP) is 4.20. The Hall–Kier alpha value is -2.98. The van der Waals surface area contributed by atoms with Crippen LogP contribution < -0.4 is 5.32 Å². The minimum atomic E-state index is -0.926. The second kappa shape index (κ2) is 8.41. The van der Waals surface area contributed by atoms with Gasteiger partial charge in [0.15, 0.2) is 0 Å². The van der Waals surface area contributed by atoms with Gasteiger partial charge in [0.1, 0.15) is 11.9 Å². The van der Waals surface area contributed by atoms with Crippen LogP contribution >= 0.6 is 0 Å². The molecule has 0 bridgehead atoms. The van der Waals surface area contributed by atoms with Gasteiger partial charge in [-0.3, -0.25) is 10.1 Å². The Morgan fingerprint density at radius 1 is 0.846 bits per heavy atom. The normalized spacial score (nSPS) is 12.1. The Morgan fingerprint density at radius 3 is 1.81 bits per heavy atom. The van der Waals surface area contributed by atoms with Gasteiger partial charge >= 0.3 is 5.97 Å². The van der Waals surface area contributed by atoms with E-state index < -0.39 is 12.0 Å². The maximum atomic E-state index is 13.1. The summed E-state index contributed by atoms with van der Waals surface area (Å²) < 4.78 is 13.1. The molecule has 3 aromatic carbocycles. The van der Waals surface area contributed by atoms with Crippen molar-refractivity contribution in [1.29, 1.82) is 0 Å². The summed E-state index contributed by atoms with van der Waals surface area (Å²) >= 11 is 0. The van der Waals surface area contributed by atoms with Crippen LogP contribution in [0.5, 0.6) is 0 Å². The summed E-state index contributed by atoms with van der Waals surface area (Å²) in [4.78, 5) is 12.0. The number of carboxylic acids is 1. The topological polar surface area (TPSA) is 49.3 Å². The minimum absolute atomic E-state index is 0.310. The summed E-state index contributed by atoms with van der Waals surface area (Å²) in [6, 6.07) is 24.4. The summed E-state index contributed by atoms with van der Waals surface area (Å²) in [5.41, 5.74) is 2.69. The fourth-order valence-corrected chi connectivity index (χ4v) is 3.08. The van der Waals surface area contributed by atoms with E-state index in [2.05, 4.69) is 5.32 Å². The van der Waals surface area contributed by atoms with E-state index in [1.54, 1.807) is 12.1 Å². The maximum Gasteiger partial charge on any atom is 0.321 e. The van der Waals surface area contributed by atoms with E-state index in [-0.39, 0.29) is 11.7 Å². The molecule has 0 aliphatic rings. The molecular weight excluding hydrogens is 329 g/mol. The Labute approximate surface area is 152 Å². The number of rotatable bonds is 7. The summed E-state index contributed by atoms with van der Waals surface area (Å²) in [6.07, 6.45) is 0. The zero-order valence-corrected chi connectivity index (χ0v) is 14.2. The number of aliphatic carboxylic acids is 1. The molecular formula is C22H20FNO2. The molecule has 2 N–H and O–H groups in total. The van der Waals surface area contributed by atoms with Gasteiger partial charge in [0.25, 0.3) is 0 Å². The molecule has 26 heavy (non-hydrogen) atoms. The summed E-state index contributed by atoms with van der Waals surface area (Å²) in [6.45, 7) is 0.341. The molecule has 0 aromatic heterocycles. The first-order chi connectivity index (χ1) is 12.6. The van der Waals surface area contributed by atoms with Crippen molar-refractivity contribution in [3.63, 3.8) is 0 Å². The van der Waals surface area contributed by atoms with E-state index in [4.69, 9.17) is 0 Å². The average Bonchev–Trinajstić information content (AvgIpc) is 2.67. The molecule has 0 saturated carbocycles. The Bertz CT molecular complexity index is 796. The van der Waals surface area contributed by atoms with Crippen LogP contribution in [0.15, 0.2) is 84.9 Å². The quantitative estimate of drug-likeness (QED) is 0.672. The van der Waals surface area contributed by atoms with E-state index in [0.29, 0.717) is 6.54 Å². The monoisotopic (exact) mass is 349 g/mol. The van der Waals surface area contributed by atoms with Crippen LogP contribution in [0.3, 0.4) is 0 Å². The van der Waals surface area contributed by atoms with Crippen molar-refractivity contribution < 1.29 is 14.3 Å². The SMILES string of the molecule is O=C(O)[C@@H](NCc1ccc(F)cc1)C(c1ccccc1)c1ccccc1. The van der Waals surface area contributed by atoms with Crippen LogP contribution in [-0.2, 0) is 11.3 Å². The molecule has 3 aromatic rings. The van der Waals surface area contributed by atoms with Crippen LogP contribution in [0.4, 0.5) is 4.39 Å². The van der Waals surface area contributed by atoms with E-state index in [0.717, 1.165) is 16.7 Å². The zero-order chi connectivity index (χ0) is 18.4. The van der Waals surface area contributed by atoms with Gasteiger partial charge in [-0.2, -0.15) is 0 Å². The highest BCUT2D eigenvalue weighted by Crippen LogP contribution is 2.28. The molecule has 0 unspecified atom stereocenters. The van der Waals surface area contributed by atoms with Gasteiger partial charge in [-0.25, -0.2) is 4.39 Å². The Balaban J connectivity index is 1.90. The molecule has 0 saturated heterocycles. The summed E-state index contributed by atoms with van der Waals surface area (Å²) in [5.74, 6) is -1.57. The first-order valence-corrected chi connectivity index (χ1v) is 8.45. The standard InChI is InChI=1S/C22H20FNO2/c23-19-13-11-16(12-14-19)15-24-21(22(25)26)20(17-7-3-1-4-8-17)18-9-5-2-6-10-18/h1-14,20-21,24H,15H2,(H,25,26)/t21-/m0/s1. The Morgan fingerprint density at radius 2 is 1.35 bits per heavy atom. The number of benzene rings is 3. The van der Waals surface area contributed by atoms with Gasteiger partial charge in [0.2, 0.25) is 0 Å². The highest BCUT2D eigenvalue weighted by molar-refractivity contribution is 5.76. The van der Waals surface area contributed by atoms with Crippen molar-refractivity contribution in [1.82, 2.24) is 5.32 Å². The molecule has 0 spiro atoms. The molecule has 0 fully saturated rings. The van der Waals surface area contributed by atoms with Gasteiger partial charge in [-0.1, -0.05) is 72.8 Å². The fraction of sp³-hybridized carbons (Fsp3) is 0.136. The number of carboxylic acid groups (broad SMARTS) is 1. The van der Waals surface area contributed by atoms with E-state index >= 15 is 0 Å². The van der Waals surface area contributed by atoms with Gasteiger partial charge in [0, 0.05) is 12.5 Å². The third-order valence-corrected chi connectivity index (χ3v) is 4.36. The van der Waals surface area contributed by atoms with Crippen molar-refractivity contribution in [2.24, 2.45) is 0 Å². The lowest BCUT2D eigenvalue weighted by Gasteiger charge is -2.26. The third-order valence-electron chi connectivity index (χ3n) is 4.36. The molecule has 0 aliphatic heterocycles. The van der Waals surface area contributed by atoms with Crippen molar-refractivity contribution in [2.75, 3.05) is 0 Å². The first-order valence-electron chi connectivity index (χ1n) is 8.45. The van der Waals surface area contributed by atoms with Crippen molar-refractivity contribution in [3.05, 3.63) is 107 Å². The smallest absolute Gasteiger partial charge is 0.321 e. The predicted molar refractivity (Wildman–Crippen MR) is 99.4 cm³/mol. The summed E-state index contributed by atoms with van der Waals surface area (Å²) in [7, 11) is 0. The van der Waals surface area contributed by atoms with Gasteiger partial charge in [0.05, 0.1) is 0 Å². The average molecular weight is 349 g/mol. The number of halogens is 1. The Kier molecular flexibility index (Phi) is 5.77. The molecule has 132 valence electrons. The third kappa shape index (κ3) is 4.35. The molecule has 4 heteroatoms. The van der Waals surface area contributed by atoms with Crippen molar-refractivity contribution >= 4 is 5.97 Å². The largest absolute Gasteiger partial charge is 0.480 e. The number of hydrogen-bond acceptors (Lipinski definition) is 2. The van der Waals surface area contributed by atoms with Crippen LogP contribution in [0.1, 0.15) is 22.6 Å². The lowest BCUT2D eigenvalue weighted by Crippen LogP contribution is -2.41. The maximum absolute atomic E-state index is 13.1. The second-order valence-electron chi connectivity index (χ2n) is 6.12. The van der Waals surface area contributed by atoms with Crippen LogP contribution in [0.25, 0.3) is 0 Å². The molecule has 1 atom stereocenters. The lowest BCUT2D eigenvalue weighted by molar-refractivity contribution is -0.139. The zero-order valence-electron chi connectivity index (χ0n) is 14.2. The molecule has 0 aliphatic carbocycles. The number of hydrogen-bond donors (Lipinski definition) is 2. The van der Waals surface area contributed by atoms with Crippen LogP contribution in [0, 0.1) is 5.82 Å². The van der Waals surface area contributed by atoms with E-state index in [1.165, 1.54) is 12.1 Å². The number of nitrogens with one attached hydrogen (secondary N) is 1. The number of carbonyl (C=O) groups is 1. The van der Waals surface area contributed by atoms with E-state index in [9.17, 15) is 14.3 Å². The van der Waals surface area contributed by atoms with Gasteiger partial charge < -0.3 is 5.11 Å². The van der Waals surface area contributed by atoms with Crippen LogP contribution in [-0.4, -0.2) is 17.1 Å². The highest BCUT2D eigenvalue weighted by atomic mass is 19.1. The second-order valence-corrected chi connectivity index (χ2v) is 6.12. The molecule has 3 nitrogen and oxygen atoms in total. The fourth-order valence-electron chi connectivity index (χ4n) is 3.08. The molecule has 0 amide bonds. The minimum Gasteiger partial charge on any atom is -0.480 e. The van der Waals surface area contributed by atoms with Crippen LogP contribution in [0.2, 0.25) is 0 Å². The van der Waals surface area contributed by atoms with Crippen molar-refractivity contribution in [2.45, 2.75) is 18.5 Å². The lowest BCUT2D eigenvalue weighted by atomic mass is 9.85. The highest BCUT2D eigenvalue weighted by Gasteiger charge is 2.30.